The van der Waals surface area contributed by atoms with Crippen LogP contribution in [0.25, 0.3) is 0 Å². The predicted molar refractivity (Wildman–Crippen MR) is 112 cm³/mol. The second kappa shape index (κ2) is 10.2. The molecule has 162 valence electrons. The molecule has 2 aromatic carbocycles. The molecule has 0 saturated carbocycles. The van der Waals surface area contributed by atoms with Crippen LogP contribution in [0.3, 0.4) is 0 Å². The smallest absolute Gasteiger partial charge is 0.338 e. The maximum atomic E-state index is 13.0. The van der Waals surface area contributed by atoms with Crippen LogP contribution >= 0.6 is 0 Å². The number of carbonyl (C=O) groups is 1. The lowest BCUT2D eigenvalue weighted by atomic mass is 10.2. The predicted octanol–water partition coefficient (Wildman–Crippen LogP) is 3.49. The van der Waals surface area contributed by atoms with Crippen LogP contribution in [0.4, 0.5) is 22.0 Å². The van der Waals surface area contributed by atoms with E-state index < -0.39 is 5.97 Å². The highest BCUT2D eigenvalue weighted by Crippen LogP contribution is 2.29. The molecule has 0 radical (unpaired) electrons. The molecule has 3 rings (SSSR count). The van der Waals surface area contributed by atoms with Gasteiger partial charge in [-0.25, -0.2) is 9.18 Å². The van der Waals surface area contributed by atoms with Gasteiger partial charge in [-0.15, -0.1) is 0 Å². The molecule has 1 aromatic heterocycles. The van der Waals surface area contributed by atoms with Crippen molar-refractivity contribution < 1.29 is 23.4 Å². The Morgan fingerprint density at radius 3 is 2.42 bits per heavy atom. The second-order valence-corrected chi connectivity index (χ2v) is 6.17. The summed E-state index contributed by atoms with van der Waals surface area (Å²) in [6.45, 7) is 4.37. The fraction of sp³-hybridized carbons (Fsp3) is 0.238. The van der Waals surface area contributed by atoms with Crippen LogP contribution in [0.15, 0.2) is 42.5 Å². The molecule has 3 N–H and O–H groups in total. The van der Waals surface area contributed by atoms with Crippen LogP contribution in [0.2, 0.25) is 0 Å². The Morgan fingerprint density at radius 1 is 1.00 bits per heavy atom. The Labute approximate surface area is 178 Å². The number of nitrogens with two attached hydrogens (primary N) is 1. The molecule has 0 aliphatic rings. The number of ether oxygens (including phenoxy) is 3. The van der Waals surface area contributed by atoms with Crippen LogP contribution in [0.5, 0.6) is 11.5 Å². The van der Waals surface area contributed by atoms with E-state index in [9.17, 15) is 9.18 Å². The average molecular weight is 427 g/mol. The van der Waals surface area contributed by atoms with Crippen molar-refractivity contribution in [2.24, 2.45) is 0 Å². The minimum absolute atomic E-state index is 0.0506. The Hall–Kier alpha value is -3.95. The summed E-state index contributed by atoms with van der Waals surface area (Å²) in [6.07, 6.45) is 0. The van der Waals surface area contributed by atoms with Crippen LogP contribution in [-0.4, -0.2) is 34.1 Å². The third-order valence-corrected chi connectivity index (χ3v) is 3.91. The fourth-order valence-corrected chi connectivity index (χ4v) is 2.61. The highest BCUT2D eigenvalue weighted by Gasteiger charge is 2.14. The fourth-order valence-electron chi connectivity index (χ4n) is 2.61. The van der Waals surface area contributed by atoms with Gasteiger partial charge >= 0.3 is 5.97 Å². The topological polar surface area (TPSA) is 121 Å². The van der Waals surface area contributed by atoms with E-state index in [1.165, 1.54) is 24.3 Å². The number of carbonyl (C=O) groups excluding carboxylic acids is 1. The summed E-state index contributed by atoms with van der Waals surface area (Å²) in [5, 5.41) is 2.89. The Bertz CT molecular complexity index is 1050. The van der Waals surface area contributed by atoms with Crippen molar-refractivity contribution >= 4 is 23.6 Å². The van der Waals surface area contributed by atoms with Gasteiger partial charge in [0.1, 0.15) is 5.82 Å². The highest BCUT2D eigenvalue weighted by atomic mass is 19.1. The van der Waals surface area contributed by atoms with Gasteiger partial charge in [0.2, 0.25) is 11.9 Å². The largest absolute Gasteiger partial charge is 0.490 e. The third-order valence-electron chi connectivity index (χ3n) is 3.91. The lowest BCUT2D eigenvalue weighted by Gasteiger charge is -2.12. The molecule has 0 fully saturated rings. The van der Waals surface area contributed by atoms with Crippen molar-refractivity contribution in [2.45, 2.75) is 20.5 Å². The molecule has 0 aliphatic heterocycles. The summed E-state index contributed by atoms with van der Waals surface area (Å²) >= 11 is 0. The maximum absolute atomic E-state index is 13.0. The number of hydrogen-bond acceptors (Lipinski definition) is 9. The van der Waals surface area contributed by atoms with Gasteiger partial charge in [0.15, 0.2) is 23.9 Å². The van der Waals surface area contributed by atoms with E-state index in [2.05, 4.69) is 20.3 Å². The molecular formula is C21H22FN5O4. The molecular weight excluding hydrogens is 405 g/mol. The summed E-state index contributed by atoms with van der Waals surface area (Å²) < 4.78 is 29.4. The standard InChI is InChI=1S/C21H22FN5O4/c1-3-29-16-10-5-13(11-17(16)30-4-2)19(28)31-12-18-25-20(23)27-21(26-18)24-15-8-6-14(22)7-9-15/h5-11H,3-4,12H2,1-2H3,(H3,23,24,25,26,27). The number of anilines is 3. The molecule has 31 heavy (non-hydrogen) atoms. The molecule has 0 aliphatic carbocycles. The number of hydrogen-bond donors (Lipinski definition) is 2. The normalized spacial score (nSPS) is 10.4. The monoisotopic (exact) mass is 427 g/mol. The average Bonchev–Trinajstić information content (AvgIpc) is 2.75. The summed E-state index contributed by atoms with van der Waals surface area (Å²) in [4.78, 5) is 24.6. The molecule has 10 heteroatoms. The SMILES string of the molecule is CCOc1ccc(C(=O)OCc2nc(N)nc(Nc3ccc(F)cc3)n2)cc1OCC. The van der Waals surface area contributed by atoms with Crippen molar-refractivity contribution in [1.29, 1.82) is 0 Å². The summed E-state index contributed by atoms with van der Waals surface area (Å²) in [5.41, 5.74) is 6.57. The number of halogens is 1. The lowest BCUT2D eigenvalue weighted by molar-refractivity contribution is 0.0461. The minimum atomic E-state index is -0.587. The van der Waals surface area contributed by atoms with Gasteiger partial charge in [0, 0.05) is 5.69 Å². The van der Waals surface area contributed by atoms with Crippen molar-refractivity contribution in [3.05, 3.63) is 59.7 Å². The quantitative estimate of drug-likeness (QED) is 0.494. The van der Waals surface area contributed by atoms with Crippen LogP contribution < -0.4 is 20.5 Å². The van der Waals surface area contributed by atoms with Gasteiger partial charge < -0.3 is 25.3 Å². The first-order valence-electron chi connectivity index (χ1n) is 9.58. The first kappa shape index (κ1) is 21.8. The zero-order valence-corrected chi connectivity index (χ0v) is 17.1. The molecule has 3 aromatic rings. The molecule has 0 bridgehead atoms. The summed E-state index contributed by atoms with van der Waals surface area (Å²) in [5.74, 6) is 0.291. The number of rotatable bonds is 9. The number of esters is 1. The number of nitrogens with zero attached hydrogens (tertiary/aromatic N) is 3. The zero-order valence-electron chi connectivity index (χ0n) is 17.1. The number of nitrogen functional groups attached to an aromatic ring is 1. The van der Waals surface area contributed by atoms with Crippen molar-refractivity contribution in [3.8, 4) is 11.5 Å². The van der Waals surface area contributed by atoms with Crippen LogP contribution in [0, 0.1) is 5.82 Å². The molecule has 0 amide bonds. The lowest BCUT2D eigenvalue weighted by Crippen LogP contribution is -2.11. The van der Waals surface area contributed by atoms with Gasteiger partial charge in [0.05, 0.1) is 18.8 Å². The minimum Gasteiger partial charge on any atom is -0.490 e. The molecule has 0 unspecified atom stereocenters. The Balaban J connectivity index is 1.69. The molecule has 0 spiro atoms. The second-order valence-electron chi connectivity index (χ2n) is 6.17. The van der Waals surface area contributed by atoms with Crippen molar-refractivity contribution in [1.82, 2.24) is 15.0 Å². The van der Waals surface area contributed by atoms with Crippen LogP contribution in [-0.2, 0) is 11.3 Å². The molecule has 1 heterocycles. The highest BCUT2D eigenvalue weighted by molar-refractivity contribution is 5.90. The number of benzene rings is 2. The molecule has 9 nitrogen and oxygen atoms in total. The molecule has 0 saturated heterocycles. The van der Waals surface area contributed by atoms with E-state index in [0.717, 1.165) is 0 Å². The Morgan fingerprint density at radius 2 is 1.71 bits per heavy atom. The maximum Gasteiger partial charge on any atom is 0.338 e. The summed E-state index contributed by atoms with van der Waals surface area (Å²) in [6, 6.07) is 10.4. The van der Waals surface area contributed by atoms with E-state index in [-0.39, 0.29) is 30.1 Å². The molecule has 0 atom stereocenters. The zero-order chi connectivity index (χ0) is 22.2. The van der Waals surface area contributed by atoms with Crippen LogP contribution in [0.1, 0.15) is 30.0 Å². The van der Waals surface area contributed by atoms with Gasteiger partial charge in [-0.3, -0.25) is 0 Å². The van der Waals surface area contributed by atoms with Gasteiger partial charge in [-0.05, 0) is 56.3 Å². The first-order valence-corrected chi connectivity index (χ1v) is 9.58. The number of aromatic nitrogens is 3. The Kier molecular flexibility index (Phi) is 7.15. The first-order chi connectivity index (χ1) is 15.0. The van der Waals surface area contributed by atoms with Gasteiger partial charge in [0.25, 0.3) is 0 Å². The van der Waals surface area contributed by atoms with Gasteiger partial charge in [-0.2, -0.15) is 15.0 Å². The van der Waals surface area contributed by atoms with E-state index in [0.29, 0.717) is 36.0 Å². The van der Waals surface area contributed by atoms with Crippen molar-refractivity contribution in [3.63, 3.8) is 0 Å². The van der Waals surface area contributed by atoms with E-state index >= 15 is 0 Å². The van der Waals surface area contributed by atoms with E-state index in [1.807, 2.05) is 13.8 Å². The van der Waals surface area contributed by atoms with Gasteiger partial charge in [-0.1, -0.05) is 0 Å². The number of nitrogens with one attached hydrogen (secondary N) is 1. The third kappa shape index (κ3) is 6.01. The summed E-state index contributed by atoms with van der Waals surface area (Å²) in [7, 11) is 0. The van der Waals surface area contributed by atoms with E-state index in [4.69, 9.17) is 19.9 Å². The van der Waals surface area contributed by atoms with Crippen molar-refractivity contribution in [2.75, 3.05) is 24.3 Å². The van der Waals surface area contributed by atoms with E-state index in [1.54, 1.807) is 18.2 Å².